The molecule has 0 bridgehead atoms. The number of aromatic nitrogens is 2. The second-order valence-corrected chi connectivity index (χ2v) is 9.07. The minimum absolute atomic E-state index is 0.00349. The zero-order valence-electron chi connectivity index (χ0n) is 17.0. The molecule has 0 radical (unpaired) electrons. The van der Waals surface area contributed by atoms with E-state index < -0.39 is 16.1 Å². The number of hydrogen-bond donors (Lipinski definition) is 4. The lowest BCUT2D eigenvalue weighted by atomic mass is 9.96. The summed E-state index contributed by atoms with van der Waals surface area (Å²) < 4.78 is 26.9. The number of carbonyl (C=O) groups is 2. The van der Waals surface area contributed by atoms with Crippen LogP contribution in [0.2, 0.25) is 0 Å². The lowest BCUT2D eigenvalue weighted by Crippen LogP contribution is -2.45. The van der Waals surface area contributed by atoms with Crippen molar-refractivity contribution >= 4 is 27.8 Å². The monoisotopic (exact) mass is 446 g/mol. The van der Waals surface area contributed by atoms with Gasteiger partial charge in [-0.15, -0.1) is 0 Å². The van der Waals surface area contributed by atoms with Crippen molar-refractivity contribution in [3.05, 3.63) is 47.9 Å². The third kappa shape index (κ3) is 6.64. The molecule has 1 aliphatic rings. The van der Waals surface area contributed by atoms with E-state index in [1.807, 2.05) is 0 Å². The van der Waals surface area contributed by atoms with Gasteiger partial charge in [0.1, 0.15) is 11.5 Å². The maximum absolute atomic E-state index is 12.4. The third-order valence-electron chi connectivity index (χ3n) is 5.00. The van der Waals surface area contributed by atoms with Gasteiger partial charge >= 0.3 is 6.03 Å². The summed E-state index contributed by atoms with van der Waals surface area (Å²) in [6.45, 7) is 0.332. The maximum atomic E-state index is 12.4. The van der Waals surface area contributed by atoms with Gasteiger partial charge in [0.05, 0.1) is 17.3 Å². The standard InChI is InChI=1S/C20H26N6O4S/c21-18-13-23-17(12-24-18)19(27)22-11-10-14-6-8-16(9-7-14)31(29,30)26-20(28)25-15-4-2-1-3-5-15/h6-9,12-13,15H,1-5,10-11H2,(H2,21,24)(H,22,27)(H2,25,26,28). The smallest absolute Gasteiger partial charge is 0.328 e. The van der Waals surface area contributed by atoms with Gasteiger partial charge in [-0.2, -0.15) is 0 Å². The number of rotatable bonds is 7. The van der Waals surface area contributed by atoms with Crippen LogP contribution in [0.4, 0.5) is 10.6 Å². The Labute approximate surface area is 181 Å². The van der Waals surface area contributed by atoms with Crippen molar-refractivity contribution in [3.8, 4) is 0 Å². The predicted octanol–water partition coefficient (Wildman–Crippen LogP) is 1.35. The molecule has 1 aromatic carbocycles. The number of carbonyl (C=O) groups excluding carboxylic acids is 2. The highest BCUT2D eigenvalue weighted by molar-refractivity contribution is 7.90. The molecule has 0 aliphatic heterocycles. The Morgan fingerprint density at radius 3 is 2.39 bits per heavy atom. The SMILES string of the molecule is Nc1cnc(C(=O)NCCc2ccc(S(=O)(=O)NC(=O)NC3CCCCC3)cc2)cn1. The van der Waals surface area contributed by atoms with Gasteiger partial charge in [-0.3, -0.25) is 4.79 Å². The van der Waals surface area contributed by atoms with Gasteiger partial charge in [-0.1, -0.05) is 31.4 Å². The number of sulfonamides is 1. The molecule has 1 saturated carbocycles. The molecule has 166 valence electrons. The number of nitrogens with one attached hydrogen (secondary N) is 3. The number of nitrogens with two attached hydrogens (primary N) is 1. The highest BCUT2D eigenvalue weighted by Crippen LogP contribution is 2.17. The first kappa shape index (κ1) is 22.5. The molecule has 0 saturated heterocycles. The number of urea groups is 1. The summed E-state index contributed by atoms with van der Waals surface area (Å²) in [5, 5.41) is 5.44. The molecular weight excluding hydrogens is 420 g/mol. The van der Waals surface area contributed by atoms with Crippen molar-refractivity contribution in [2.24, 2.45) is 0 Å². The molecular formula is C20H26N6O4S. The number of anilines is 1. The first-order valence-electron chi connectivity index (χ1n) is 10.1. The minimum atomic E-state index is -3.96. The molecule has 1 aromatic heterocycles. The highest BCUT2D eigenvalue weighted by Gasteiger charge is 2.21. The number of nitrogen functional groups attached to an aromatic ring is 1. The topological polar surface area (TPSA) is 156 Å². The fourth-order valence-corrected chi connectivity index (χ4v) is 4.26. The van der Waals surface area contributed by atoms with Gasteiger partial charge in [-0.25, -0.2) is 27.9 Å². The van der Waals surface area contributed by atoms with Gasteiger partial charge in [0, 0.05) is 12.6 Å². The van der Waals surface area contributed by atoms with Crippen molar-refractivity contribution in [1.82, 2.24) is 25.3 Å². The Morgan fingerprint density at radius 2 is 1.74 bits per heavy atom. The lowest BCUT2D eigenvalue weighted by molar-refractivity contribution is 0.0948. The number of nitrogens with zero attached hydrogens (tertiary/aromatic N) is 2. The Morgan fingerprint density at radius 1 is 1.03 bits per heavy atom. The Balaban J connectivity index is 1.48. The van der Waals surface area contributed by atoms with Crippen LogP contribution in [0.3, 0.4) is 0 Å². The third-order valence-corrected chi connectivity index (χ3v) is 6.35. The summed E-state index contributed by atoms with van der Waals surface area (Å²) in [7, 11) is -3.96. The van der Waals surface area contributed by atoms with Gasteiger partial charge < -0.3 is 16.4 Å². The predicted molar refractivity (Wildman–Crippen MR) is 115 cm³/mol. The van der Waals surface area contributed by atoms with E-state index in [-0.39, 0.29) is 28.4 Å². The van der Waals surface area contributed by atoms with Crippen LogP contribution in [-0.4, -0.2) is 42.9 Å². The fourth-order valence-electron chi connectivity index (χ4n) is 3.34. The molecule has 0 spiro atoms. The molecule has 10 nitrogen and oxygen atoms in total. The van der Waals surface area contributed by atoms with E-state index in [1.54, 1.807) is 12.1 Å². The van der Waals surface area contributed by atoms with Crippen LogP contribution in [-0.2, 0) is 16.4 Å². The summed E-state index contributed by atoms with van der Waals surface area (Å²) in [5.41, 5.74) is 6.43. The molecule has 1 aliphatic carbocycles. The van der Waals surface area contributed by atoms with Gasteiger partial charge in [0.25, 0.3) is 15.9 Å². The van der Waals surface area contributed by atoms with E-state index in [9.17, 15) is 18.0 Å². The lowest BCUT2D eigenvalue weighted by Gasteiger charge is -2.22. The van der Waals surface area contributed by atoms with Crippen LogP contribution < -0.4 is 21.1 Å². The summed E-state index contributed by atoms with van der Waals surface area (Å²) >= 11 is 0. The quantitative estimate of drug-likeness (QED) is 0.500. The molecule has 3 amide bonds. The van der Waals surface area contributed by atoms with Crippen LogP contribution in [0.15, 0.2) is 41.6 Å². The summed E-state index contributed by atoms with van der Waals surface area (Å²) in [6.07, 6.45) is 8.03. The summed E-state index contributed by atoms with van der Waals surface area (Å²) in [4.78, 5) is 31.8. The van der Waals surface area contributed by atoms with E-state index >= 15 is 0 Å². The van der Waals surface area contributed by atoms with Crippen LogP contribution in [0.5, 0.6) is 0 Å². The number of amides is 3. The van der Waals surface area contributed by atoms with Crippen LogP contribution in [0, 0.1) is 0 Å². The van der Waals surface area contributed by atoms with Gasteiger partial charge in [0.2, 0.25) is 0 Å². The highest BCUT2D eigenvalue weighted by atomic mass is 32.2. The Hall–Kier alpha value is -3.21. The molecule has 5 N–H and O–H groups in total. The molecule has 0 atom stereocenters. The van der Waals surface area contributed by atoms with Crippen LogP contribution in [0.25, 0.3) is 0 Å². The number of benzene rings is 1. The van der Waals surface area contributed by atoms with Crippen LogP contribution >= 0.6 is 0 Å². The average molecular weight is 447 g/mol. The van der Waals surface area contributed by atoms with E-state index in [4.69, 9.17) is 5.73 Å². The van der Waals surface area contributed by atoms with Crippen molar-refractivity contribution in [2.45, 2.75) is 49.5 Å². The maximum Gasteiger partial charge on any atom is 0.328 e. The second kappa shape index (κ2) is 10.2. The minimum Gasteiger partial charge on any atom is -0.382 e. The second-order valence-electron chi connectivity index (χ2n) is 7.39. The van der Waals surface area contributed by atoms with Crippen molar-refractivity contribution < 1.29 is 18.0 Å². The first-order valence-corrected chi connectivity index (χ1v) is 11.6. The van der Waals surface area contributed by atoms with E-state index in [2.05, 4.69) is 25.3 Å². The zero-order chi connectivity index (χ0) is 22.3. The van der Waals surface area contributed by atoms with E-state index in [1.165, 1.54) is 24.5 Å². The van der Waals surface area contributed by atoms with Gasteiger partial charge in [0.15, 0.2) is 0 Å². The van der Waals surface area contributed by atoms with E-state index in [0.29, 0.717) is 13.0 Å². The fraction of sp³-hybridized carbons (Fsp3) is 0.400. The molecule has 3 rings (SSSR count). The van der Waals surface area contributed by atoms with Crippen molar-refractivity contribution in [2.75, 3.05) is 12.3 Å². The first-order chi connectivity index (χ1) is 14.8. The number of hydrogen-bond acceptors (Lipinski definition) is 7. The molecule has 2 aromatic rings. The normalized spacial score (nSPS) is 14.6. The largest absolute Gasteiger partial charge is 0.382 e. The molecule has 11 heteroatoms. The summed E-state index contributed by atoms with van der Waals surface area (Å²) in [5.74, 6) is -0.146. The Kier molecular flexibility index (Phi) is 7.40. The zero-order valence-corrected chi connectivity index (χ0v) is 17.8. The van der Waals surface area contributed by atoms with Crippen molar-refractivity contribution in [1.29, 1.82) is 0 Å². The molecule has 31 heavy (non-hydrogen) atoms. The van der Waals surface area contributed by atoms with Crippen molar-refractivity contribution in [3.63, 3.8) is 0 Å². The Bertz CT molecular complexity index is 1000. The van der Waals surface area contributed by atoms with E-state index in [0.717, 1.165) is 37.7 Å². The molecule has 0 unspecified atom stereocenters. The van der Waals surface area contributed by atoms with Gasteiger partial charge in [-0.05, 0) is 37.0 Å². The average Bonchev–Trinajstić information content (AvgIpc) is 2.75. The molecule has 1 fully saturated rings. The molecule has 1 heterocycles. The van der Waals surface area contributed by atoms with Crippen LogP contribution in [0.1, 0.15) is 48.2 Å². The summed E-state index contributed by atoms with van der Waals surface area (Å²) in [6, 6.07) is 5.45.